The molecule has 10 heteroatoms. The highest BCUT2D eigenvalue weighted by Crippen LogP contribution is 2.41. The Hall–Kier alpha value is -4.31. The summed E-state index contributed by atoms with van der Waals surface area (Å²) in [4.78, 5) is 57.3. The van der Waals surface area contributed by atoms with E-state index in [1.54, 1.807) is 31.2 Å². The van der Waals surface area contributed by atoms with Crippen molar-refractivity contribution in [3.05, 3.63) is 95.2 Å². The molecule has 1 aliphatic rings. The fourth-order valence-electron chi connectivity index (χ4n) is 5.39. The smallest absolute Gasteiger partial charge is 0.338 e. The van der Waals surface area contributed by atoms with E-state index in [1.807, 2.05) is 73.6 Å². The van der Waals surface area contributed by atoms with Crippen molar-refractivity contribution in [2.45, 2.75) is 86.1 Å². The van der Waals surface area contributed by atoms with E-state index in [2.05, 4.69) is 0 Å². The Balaban J connectivity index is 1.98. The normalized spacial score (nSPS) is 15.3. The first-order chi connectivity index (χ1) is 21.8. The van der Waals surface area contributed by atoms with Crippen LogP contribution in [0.4, 0.5) is 0 Å². The van der Waals surface area contributed by atoms with Crippen LogP contribution in [0.15, 0.2) is 57.5 Å². The standard InChI is InChI=1S/C37H44N2O7S/c1-20(2)19-45-34(43)29-21(3)38-35-39(30(29)24-12-14-25(15-13-24)33(42)44-11)32(41)28(47-35)18-23-16-26(36(5,6)7)31(46-22(4)40)27(17-23)37(8,9)10/h12-18,20,30H,19H2,1-11H3. The largest absolute Gasteiger partial charge is 0.465 e. The summed E-state index contributed by atoms with van der Waals surface area (Å²) in [7, 11) is 1.31. The van der Waals surface area contributed by atoms with E-state index in [1.165, 1.54) is 29.9 Å². The van der Waals surface area contributed by atoms with Gasteiger partial charge >= 0.3 is 17.9 Å². The molecule has 9 nitrogen and oxygen atoms in total. The number of methoxy groups -OCH3 is 1. The summed E-state index contributed by atoms with van der Waals surface area (Å²) >= 11 is 1.23. The van der Waals surface area contributed by atoms with Crippen molar-refractivity contribution in [1.82, 2.24) is 4.57 Å². The molecule has 47 heavy (non-hydrogen) atoms. The highest BCUT2D eigenvalue weighted by molar-refractivity contribution is 7.07. The SMILES string of the molecule is COC(=O)c1ccc(C2C(C(=O)OCC(C)C)=C(C)N=c3sc(=Cc4cc(C(C)(C)C)c(OC(C)=O)c(C(C)(C)C)c4)c(=O)n32)cc1. The maximum atomic E-state index is 14.3. The molecular weight excluding hydrogens is 616 g/mol. The van der Waals surface area contributed by atoms with E-state index < -0.39 is 23.9 Å². The lowest BCUT2D eigenvalue weighted by atomic mass is 9.78. The minimum atomic E-state index is -0.832. The van der Waals surface area contributed by atoms with Crippen LogP contribution in [0.2, 0.25) is 0 Å². The van der Waals surface area contributed by atoms with Gasteiger partial charge in [0.05, 0.1) is 41.1 Å². The zero-order chi connectivity index (χ0) is 35.0. The van der Waals surface area contributed by atoms with E-state index in [0.717, 1.165) is 16.7 Å². The van der Waals surface area contributed by atoms with Crippen LogP contribution in [0, 0.1) is 5.92 Å². The number of benzene rings is 2. The molecule has 1 aromatic heterocycles. The van der Waals surface area contributed by atoms with Gasteiger partial charge in [-0.25, -0.2) is 14.6 Å². The van der Waals surface area contributed by atoms with Gasteiger partial charge in [-0.1, -0.05) is 78.9 Å². The van der Waals surface area contributed by atoms with Crippen LogP contribution >= 0.6 is 11.3 Å². The summed E-state index contributed by atoms with van der Waals surface area (Å²) < 4.78 is 18.2. The Morgan fingerprint density at radius 1 is 0.979 bits per heavy atom. The topological polar surface area (TPSA) is 113 Å². The molecule has 1 unspecified atom stereocenters. The summed E-state index contributed by atoms with van der Waals surface area (Å²) in [6.45, 7) is 19.5. The molecule has 0 amide bonds. The monoisotopic (exact) mass is 660 g/mol. The number of thiazole rings is 1. The number of hydrogen-bond acceptors (Lipinski definition) is 9. The van der Waals surface area contributed by atoms with Gasteiger partial charge in [-0.2, -0.15) is 0 Å². The second-order valence-electron chi connectivity index (χ2n) is 14.2. The first-order valence-electron chi connectivity index (χ1n) is 15.6. The van der Waals surface area contributed by atoms with Crippen LogP contribution in [0.1, 0.15) is 108 Å². The van der Waals surface area contributed by atoms with Crippen LogP contribution in [0.5, 0.6) is 5.75 Å². The van der Waals surface area contributed by atoms with Gasteiger partial charge in [0.1, 0.15) is 5.75 Å². The average Bonchev–Trinajstić information content (AvgIpc) is 3.27. The second kappa shape index (κ2) is 13.4. The number of carbonyl (C=O) groups excluding carboxylic acids is 3. The van der Waals surface area contributed by atoms with Crippen LogP contribution < -0.4 is 19.6 Å². The lowest BCUT2D eigenvalue weighted by molar-refractivity contribution is -0.140. The molecule has 2 aromatic carbocycles. The molecule has 2 heterocycles. The van der Waals surface area contributed by atoms with E-state index in [-0.39, 0.29) is 34.5 Å². The van der Waals surface area contributed by atoms with Crippen molar-refractivity contribution in [3.63, 3.8) is 0 Å². The van der Waals surface area contributed by atoms with Crippen molar-refractivity contribution < 1.29 is 28.6 Å². The number of esters is 3. The van der Waals surface area contributed by atoms with Gasteiger partial charge in [-0.15, -0.1) is 0 Å². The quantitative estimate of drug-likeness (QED) is 0.235. The molecule has 250 valence electrons. The van der Waals surface area contributed by atoms with Crippen molar-refractivity contribution in [2.75, 3.05) is 13.7 Å². The molecule has 4 rings (SSSR count). The van der Waals surface area contributed by atoms with Crippen LogP contribution in [-0.2, 0) is 29.9 Å². The molecular formula is C37H44N2O7S. The van der Waals surface area contributed by atoms with Crippen molar-refractivity contribution in [2.24, 2.45) is 10.9 Å². The second-order valence-corrected chi connectivity index (χ2v) is 15.2. The number of fused-ring (bicyclic) bond motifs is 1. The molecule has 1 aliphatic heterocycles. The van der Waals surface area contributed by atoms with Gasteiger partial charge in [0.25, 0.3) is 5.56 Å². The maximum Gasteiger partial charge on any atom is 0.338 e. The predicted octanol–water partition coefficient (Wildman–Crippen LogP) is 5.74. The van der Waals surface area contributed by atoms with Gasteiger partial charge in [-0.05, 0) is 65.1 Å². The molecule has 0 N–H and O–H groups in total. The third-order valence-corrected chi connectivity index (χ3v) is 8.69. The number of ether oxygens (including phenoxy) is 3. The minimum absolute atomic E-state index is 0.113. The third-order valence-electron chi connectivity index (χ3n) is 7.71. The molecule has 0 aliphatic carbocycles. The number of nitrogens with zero attached hydrogens (tertiary/aromatic N) is 2. The molecule has 1 atom stereocenters. The predicted molar refractivity (Wildman–Crippen MR) is 182 cm³/mol. The Labute approximate surface area is 279 Å². The highest BCUT2D eigenvalue weighted by Gasteiger charge is 2.34. The molecule has 0 radical (unpaired) electrons. The van der Waals surface area contributed by atoms with Crippen molar-refractivity contribution >= 4 is 35.3 Å². The number of aromatic nitrogens is 1. The van der Waals surface area contributed by atoms with E-state index in [4.69, 9.17) is 19.2 Å². The number of allylic oxidation sites excluding steroid dienone is 1. The summed E-state index contributed by atoms with van der Waals surface area (Å²) in [6, 6.07) is 9.71. The number of hydrogen-bond donors (Lipinski definition) is 0. The molecule has 0 spiro atoms. The van der Waals surface area contributed by atoms with Crippen molar-refractivity contribution in [3.8, 4) is 5.75 Å². The van der Waals surface area contributed by atoms with Crippen molar-refractivity contribution in [1.29, 1.82) is 0 Å². The molecule has 0 saturated heterocycles. The average molecular weight is 661 g/mol. The Kier molecular flexibility index (Phi) is 10.2. The third kappa shape index (κ3) is 7.64. The number of carbonyl (C=O) groups is 3. The summed E-state index contributed by atoms with van der Waals surface area (Å²) in [5.41, 5.74) is 3.05. The zero-order valence-electron chi connectivity index (χ0n) is 29.1. The molecule has 0 bridgehead atoms. The Morgan fingerprint density at radius 2 is 1.55 bits per heavy atom. The van der Waals surface area contributed by atoms with Gasteiger partial charge in [0, 0.05) is 18.1 Å². The maximum absolute atomic E-state index is 14.3. The van der Waals surface area contributed by atoms with Crippen LogP contribution in [-0.4, -0.2) is 36.2 Å². The molecule has 0 saturated carbocycles. The van der Waals surface area contributed by atoms with E-state index in [9.17, 15) is 19.2 Å². The molecule has 0 fully saturated rings. The van der Waals surface area contributed by atoms with Gasteiger partial charge < -0.3 is 14.2 Å². The lowest BCUT2D eigenvalue weighted by Crippen LogP contribution is -2.40. The fourth-order valence-corrected chi connectivity index (χ4v) is 6.44. The minimum Gasteiger partial charge on any atom is -0.465 e. The summed E-state index contributed by atoms with van der Waals surface area (Å²) in [5.74, 6) is -0.803. The van der Waals surface area contributed by atoms with Gasteiger partial charge in [-0.3, -0.25) is 14.2 Å². The number of rotatable bonds is 7. The summed E-state index contributed by atoms with van der Waals surface area (Å²) in [5, 5.41) is 0. The zero-order valence-corrected chi connectivity index (χ0v) is 29.9. The van der Waals surface area contributed by atoms with E-state index in [0.29, 0.717) is 31.9 Å². The first kappa shape index (κ1) is 35.5. The lowest BCUT2D eigenvalue weighted by Gasteiger charge is -2.29. The van der Waals surface area contributed by atoms with Gasteiger partial charge in [0.2, 0.25) is 0 Å². The fraction of sp³-hybridized carbons (Fsp3) is 0.432. The highest BCUT2D eigenvalue weighted by atomic mass is 32.1. The van der Waals surface area contributed by atoms with Crippen LogP contribution in [0.25, 0.3) is 6.08 Å². The van der Waals surface area contributed by atoms with Gasteiger partial charge in [0.15, 0.2) is 4.80 Å². The summed E-state index contributed by atoms with van der Waals surface area (Å²) in [6.07, 6.45) is 1.82. The van der Waals surface area contributed by atoms with Crippen LogP contribution in [0.3, 0.4) is 0 Å². The molecule has 3 aromatic rings. The first-order valence-corrected chi connectivity index (χ1v) is 16.4. The Bertz CT molecular complexity index is 1900. The van der Waals surface area contributed by atoms with E-state index >= 15 is 0 Å². The Morgan fingerprint density at radius 3 is 2.04 bits per heavy atom.